The van der Waals surface area contributed by atoms with Gasteiger partial charge in [-0.1, -0.05) is 18.2 Å². The van der Waals surface area contributed by atoms with Crippen molar-refractivity contribution in [3.63, 3.8) is 0 Å². The summed E-state index contributed by atoms with van der Waals surface area (Å²) in [6, 6.07) is 12.7. The molecule has 1 fully saturated rings. The van der Waals surface area contributed by atoms with Crippen LogP contribution in [0.1, 0.15) is 21.0 Å². The predicted molar refractivity (Wildman–Crippen MR) is 108 cm³/mol. The van der Waals surface area contributed by atoms with Crippen molar-refractivity contribution in [2.24, 2.45) is 0 Å². The van der Waals surface area contributed by atoms with Crippen molar-refractivity contribution in [3.8, 4) is 11.3 Å². The Hall–Kier alpha value is -3.65. The highest BCUT2D eigenvalue weighted by molar-refractivity contribution is 6.02. The van der Waals surface area contributed by atoms with Gasteiger partial charge in [-0.3, -0.25) is 14.6 Å². The van der Waals surface area contributed by atoms with Gasteiger partial charge in [-0.15, -0.1) is 0 Å². The van der Waals surface area contributed by atoms with Crippen LogP contribution in [0.2, 0.25) is 0 Å². The molecule has 3 heterocycles. The van der Waals surface area contributed by atoms with Crippen LogP contribution in [-0.4, -0.2) is 57.8 Å². The van der Waals surface area contributed by atoms with Crippen LogP contribution in [0.4, 0.5) is 5.69 Å². The van der Waals surface area contributed by atoms with Crippen LogP contribution >= 0.6 is 0 Å². The van der Waals surface area contributed by atoms with Gasteiger partial charge in [0, 0.05) is 49.8 Å². The third kappa shape index (κ3) is 4.44. The quantitative estimate of drug-likeness (QED) is 0.707. The molecule has 8 nitrogen and oxygen atoms in total. The van der Waals surface area contributed by atoms with E-state index < -0.39 is 0 Å². The van der Waals surface area contributed by atoms with Crippen LogP contribution in [0.15, 0.2) is 61.1 Å². The van der Waals surface area contributed by atoms with Crippen LogP contribution < -0.4 is 10.6 Å². The lowest BCUT2D eigenvalue weighted by Crippen LogP contribution is -2.46. The van der Waals surface area contributed by atoms with Crippen LogP contribution in [-0.2, 0) is 0 Å². The van der Waals surface area contributed by atoms with E-state index in [1.165, 1.54) is 18.6 Å². The topological polar surface area (TPSA) is 100 Å². The number of amides is 2. The van der Waals surface area contributed by atoms with Crippen molar-refractivity contribution >= 4 is 17.5 Å². The molecule has 0 saturated carbocycles. The Morgan fingerprint density at radius 2 is 1.83 bits per heavy atom. The first-order valence-electron chi connectivity index (χ1n) is 9.35. The number of benzene rings is 1. The zero-order valence-electron chi connectivity index (χ0n) is 15.7. The molecule has 29 heavy (non-hydrogen) atoms. The second-order valence-electron chi connectivity index (χ2n) is 6.58. The number of nitrogens with one attached hydrogen (secondary N) is 2. The molecule has 1 aliphatic rings. The molecule has 2 amide bonds. The molecular formula is C21H20N6O2. The first-order valence-corrected chi connectivity index (χ1v) is 9.35. The summed E-state index contributed by atoms with van der Waals surface area (Å²) in [5.41, 5.74) is 2.73. The second-order valence-corrected chi connectivity index (χ2v) is 6.58. The van der Waals surface area contributed by atoms with Crippen molar-refractivity contribution in [3.05, 3.63) is 72.4 Å². The van der Waals surface area contributed by atoms with Gasteiger partial charge in [0.05, 0.1) is 11.9 Å². The fourth-order valence-electron chi connectivity index (χ4n) is 3.11. The number of aromatic nitrogens is 3. The van der Waals surface area contributed by atoms with E-state index in [4.69, 9.17) is 0 Å². The number of hydrogen-bond donors (Lipinski definition) is 2. The molecule has 0 spiro atoms. The predicted octanol–water partition coefficient (Wildman–Crippen LogP) is 1.84. The molecule has 0 atom stereocenters. The first-order chi connectivity index (χ1) is 14.2. The van der Waals surface area contributed by atoms with Gasteiger partial charge in [-0.05, 0) is 24.3 Å². The third-order valence-electron chi connectivity index (χ3n) is 4.58. The molecule has 1 aromatic carbocycles. The highest BCUT2D eigenvalue weighted by Gasteiger charge is 2.19. The molecule has 2 aromatic heterocycles. The number of carbonyl (C=O) groups is 2. The van der Waals surface area contributed by atoms with Crippen LogP contribution in [0.3, 0.4) is 0 Å². The molecule has 0 radical (unpaired) electrons. The normalized spacial score (nSPS) is 13.7. The number of rotatable bonds is 4. The standard InChI is InChI=1S/C21H20N6O2/c28-20(19-14-23-7-8-24-19)25-16-4-1-3-15(13-16)17-5-2-6-18(26-17)21(29)27-11-9-22-10-12-27/h1-8,13-14,22H,9-12H2,(H,25,28). The molecule has 0 aliphatic carbocycles. The van der Waals surface area contributed by atoms with Crippen molar-refractivity contribution in [1.29, 1.82) is 0 Å². The molecule has 3 aromatic rings. The summed E-state index contributed by atoms with van der Waals surface area (Å²) < 4.78 is 0. The van der Waals surface area contributed by atoms with Gasteiger partial charge in [0.2, 0.25) is 0 Å². The minimum atomic E-state index is -0.342. The van der Waals surface area contributed by atoms with Gasteiger partial charge in [0.1, 0.15) is 11.4 Å². The molecule has 0 unspecified atom stereocenters. The lowest BCUT2D eigenvalue weighted by molar-refractivity contribution is 0.0730. The Morgan fingerprint density at radius 1 is 1.00 bits per heavy atom. The SMILES string of the molecule is O=C(Nc1cccc(-c2cccc(C(=O)N3CCNCC3)n2)c1)c1cnccn1. The molecule has 2 N–H and O–H groups in total. The molecule has 1 saturated heterocycles. The number of carbonyl (C=O) groups excluding carboxylic acids is 2. The number of piperazine rings is 1. The molecular weight excluding hydrogens is 368 g/mol. The van der Waals surface area contributed by atoms with Gasteiger partial charge in [-0.2, -0.15) is 0 Å². The number of pyridine rings is 1. The largest absolute Gasteiger partial charge is 0.335 e. The van der Waals surface area contributed by atoms with Crippen LogP contribution in [0.25, 0.3) is 11.3 Å². The van der Waals surface area contributed by atoms with E-state index in [1.807, 2.05) is 30.3 Å². The fourth-order valence-corrected chi connectivity index (χ4v) is 3.11. The maximum absolute atomic E-state index is 12.7. The molecule has 0 bridgehead atoms. The molecule has 4 rings (SSSR count). The summed E-state index contributed by atoms with van der Waals surface area (Å²) in [6.45, 7) is 2.93. The zero-order valence-corrected chi connectivity index (χ0v) is 15.7. The molecule has 8 heteroatoms. The summed E-state index contributed by atoms with van der Waals surface area (Å²) in [6.07, 6.45) is 4.39. The zero-order chi connectivity index (χ0) is 20.1. The van der Waals surface area contributed by atoms with E-state index in [1.54, 1.807) is 17.0 Å². The third-order valence-corrected chi connectivity index (χ3v) is 4.58. The second kappa shape index (κ2) is 8.57. The number of hydrogen-bond acceptors (Lipinski definition) is 6. The van der Waals surface area contributed by atoms with E-state index >= 15 is 0 Å². The van der Waals surface area contributed by atoms with E-state index in [2.05, 4.69) is 25.6 Å². The Morgan fingerprint density at radius 3 is 2.62 bits per heavy atom. The fraction of sp³-hybridized carbons (Fsp3) is 0.190. The highest BCUT2D eigenvalue weighted by Crippen LogP contribution is 2.22. The minimum absolute atomic E-state index is 0.0690. The Bertz CT molecular complexity index is 1020. The summed E-state index contributed by atoms with van der Waals surface area (Å²) in [7, 11) is 0. The summed E-state index contributed by atoms with van der Waals surface area (Å²) in [4.78, 5) is 39.3. The van der Waals surface area contributed by atoms with Crippen LogP contribution in [0.5, 0.6) is 0 Å². The average molecular weight is 388 g/mol. The lowest BCUT2D eigenvalue weighted by Gasteiger charge is -2.27. The van der Waals surface area contributed by atoms with Crippen molar-refractivity contribution < 1.29 is 9.59 Å². The van der Waals surface area contributed by atoms with E-state index in [-0.39, 0.29) is 17.5 Å². The van der Waals surface area contributed by atoms with E-state index in [0.717, 1.165) is 18.7 Å². The van der Waals surface area contributed by atoms with Crippen molar-refractivity contribution in [1.82, 2.24) is 25.2 Å². The van der Waals surface area contributed by atoms with Crippen molar-refractivity contribution in [2.75, 3.05) is 31.5 Å². The van der Waals surface area contributed by atoms with Gasteiger partial charge < -0.3 is 15.5 Å². The smallest absolute Gasteiger partial charge is 0.275 e. The Labute approximate surface area is 168 Å². The molecule has 146 valence electrons. The summed E-state index contributed by atoms with van der Waals surface area (Å²) in [5, 5.41) is 6.04. The highest BCUT2D eigenvalue weighted by atomic mass is 16.2. The maximum atomic E-state index is 12.7. The first kappa shape index (κ1) is 18.7. The molecule has 1 aliphatic heterocycles. The van der Waals surface area contributed by atoms with Gasteiger partial charge in [0.25, 0.3) is 11.8 Å². The summed E-state index contributed by atoms with van der Waals surface area (Å²) >= 11 is 0. The van der Waals surface area contributed by atoms with E-state index in [9.17, 15) is 9.59 Å². The van der Waals surface area contributed by atoms with Crippen LogP contribution in [0, 0.1) is 0 Å². The summed E-state index contributed by atoms with van der Waals surface area (Å²) in [5.74, 6) is -0.411. The van der Waals surface area contributed by atoms with Gasteiger partial charge >= 0.3 is 0 Å². The number of anilines is 1. The lowest BCUT2D eigenvalue weighted by atomic mass is 10.1. The number of nitrogens with zero attached hydrogens (tertiary/aromatic N) is 4. The monoisotopic (exact) mass is 388 g/mol. The Balaban J connectivity index is 1.53. The van der Waals surface area contributed by atoms with Gasteiger partial charge in [0.15, 0.2) is 0 Å². The van der Waals surface area contributed by atoms with Crippen molar-refractivity contribution in [2.45, 2.75) is 0 Å². The maximum Gasteiger partial charge on any atom is 0.275 e. The van der Waals surface area contributed by atoms with E-state index in [0.29, 0.717) is 30.2 Å². The minimum Gasteiger partial charge on any atom is -0.335 e. The Kier molecular flexibility index (Phi) is 5.53. The average Bonchev–Trinajstić information content (AvgIpc) is 2.80. The van der Waals surface area contributed by atoms with Gasteiger partial charge in [-0.25, -0.2) is 9.97 Å².